The first-order valence-electron chi connectivity index (χ1n) is 9.18. The Morgan fingerprint density at radius 1 is 1.12 bits per heavy atom. The molecule has 6 heteroatoms. The molecule has 0 atom stereocenters. The van der Waals surface area contributed by atoms with Gasteiger partial charge in [0.05, 0.1) is 0 Å². The first kappa shape index (κ1) is 19.8. The highest BCUT2D eigenvalue weighted by molar-refractivity contribution is 6.03. The summed E-state index contributed by atoms with van der Waals surface area (Å²) in [6.45, 7) is 5.93. The molecule has 0 aliphatic carbocycles. The SMILES string of the molecule is CCc1cccc(CC)c1NC(=O)c1ccnc(NCCCN(C)C)n1. The van der Waals surface area contributed by atoms with Crippen LogP contribution in [0.4, 0.5) is 11.6 Å². The summed E-state index contributed by atoms with van der Waals surface area (Å²) in [6.07, 6.45) is 4.33. The summed E-state index contributed by atoms with van der Waals surface area (Å²) < 4.78 is 0. The smallest absolute Gasteiger partial charge is 0.274 e. The van der Waals surface area contributed by atoms with Crippen molar-refractivity contribution in [2.45, 2.75) is 33.1 Å². The van der Waals surface area contributed by atoms with Crippen molar-refractivity contribution in [2.75, 3.05) is 37.8 Å². The lowest BCUT2D eigenvalue weighted by atomic mass is 10.0. The Balaban J connectivity index is 2.07. The molecule has 2 aromatic rings. The predicted octanol–water partition coefficient (Wildman–Crippen LogP) is 3.22. The second-order valence-electron chi connectivity index (χ2n) is 6.46. The van der Waals surface area contributed by atoms with Gasteiger partial charge in [-0.25, -0.2) is 9.97 Å². The van der Waals surface area contributed by atoms with Crippen LogP contribution in [0.25, 0.3) is 0 Å². The monoisotopic (exact) mass is 355 g/mol. The molecule has 0 aliphatic heterocycles. The van der Waals surface area contributed by atoms with Crippen molar-refractivity contribution in [1.82, 2.24) is 14.9 Å². The van der Waals surface area contributed by atoms with Crippen molar-refractivity contribution in [2.24, 2.45) is 0 Å². The van der Waals surface area contributed by atoms with Gasteiger partial charge in [0.1, 0.15) is 5.69 Å². The van der Waals surface area contributed by atoms with Gasteiger partial charge in [-0.05, 0) is 57.1 Å². The van der Waals surface area contributed by atoms with Gasteiger partial charge in [-0.2, -0.15) is 0 Å². The Morgan fingerprint density at radius 2 is 1.81 bits per heavy atom. The number of carbonyl (C=O) groups excluding carboxylic acids is 1. The Hall–Kier alpha value is -2.47. The van der Waals surface area contributed by atoms with Gasteiger partial charge in [-0.3, -0.25) is 4.79 Å². The molecular weight excluding hydrogens is 326 g/mol. The average Bonchev–Trinajstić information content (AvgIpc) is 2.65. The minimum atomic E-state index is -0.209. The number of nitrogens with zero attached hydrogens (tertiary/aromatic N) is 3. The van der Waals surface area contributed by atoms with E-state index in [1.807, 2.05) is 32.3 Å². The van der Waals surface area contributed by atoms with E-state index < -0.39 is 0 Å². The van der Waals surface area contributed by atoms with Crippen LogP contribution >= 0.6 is 0 Å². The van der Waals surface area contributed by atoms with E-state index in [2.05, 4.69) is 39.3 Å². The van der Waals surface area contributed by atoms with E-state index in [4.69, 9.17) is 0 Å². The number of hydrogen-bond acceptors (Lipinski definition) is 5. The molecule has 1 amide bonds. The maximum absolute atomic E-state index is 12.7. The van der Waals surface area contributed by atoms with Crippen LogP contribution in [0.1, 0.15) is 41.9 Å². The van der Waals surface area contributed by atoms with Crippen molar-refractivity contribution in [3.63, 3.8) is 0 Å². The van der Waals surface area contributed by atoms with Gasteiger partial charge in [0.25, 0.3) is 5.91 Å². The molecule has 1 aromatic carbocycles. The summed E-state index contributed by atoms with van der Waals surface area (Å²) >= 11 is 0. The molecule has 1 heterocycles. The fourth-order valence-electron chi connectivity index (χ4n) is 2.75. The summed E-state index contributed by atoms with van der Waals surface area (Å²) in [5.41, 5.74) is 3.53. The molecule has 0 saturated carbocycles. The highest BCUT2D eigenvalue weighted by Gasteiger charge is 2.13. The van der Waals surface area contributed by atoms with Crippen LogP contribution in [0, 0.1) is 0 Å². The van der Waals surface area contributed by atoms with Gasteiger partial charge in [0.15, 0.2) is 0 Å². The number of aromatic nitrogens is 2. The number of hydrogen-bond donors (Lipinski definition) is 2. The second-order valence-corrected chi connectivity index (χ2v) is 6.46. The number of para-hydroxylation sites is 1. The lowest BCUT2D eigenvalue weighted by Gasteiger charge is -2.14. The summed E-state index contributed by atoms with van der Waals surface area (Å²) in [6, 6.07) is 7.77. The minimum Gasteiger partial charge on any atom is -0.354 e. The Morgan fingerprint density at radius 3 is 2.42 bits per heavy atom. The van der Waals surface area contributed by atoms with Crippen molar-refractivity contribution in [3.05, 3.63) is 47.3 Å². The van der Waals surface area contributed by atoms with Gasteiger partial charge in [0, 0.05) is 18.4 Å². The zero-order valence-electron chi connectivity index (χ0n) is 16.2. The van der Waals surface area contributed by atoms with E-state index in [0.717, 1.165) is 49.2 Å². The van der Waals surface area contributed by atoms with Crippen LogP contribution in [0.5, 0.6) is 0 Å². The van der Waals surface area contributed by atoms with Crippen molar-refractivity contribution in [1.29, 1.82) is 0 Å². The van der Waals surface area contributed by atoms with E-state index in [-0.39, 0.29) is 5.91 Å². The maximum atomic E-state index is 12.7. The molecule has 0 bridgehead atoms. The van der Waals surface area contributed by atoms with E-state index in [1.165, 1.54) is 0 Å². The van der Waals surface area contributed by atoms with Crippen LogP contribution in [-0.2, 0) is 12.8 Å². The molecule has 0 saturated heterocycles. The topological polar surface area (TPSA) is 70.2 Å². The number of anilines is 2. The quantitative estimate of drug-likeness (QED) is 0.676. The van der Waals surface area contributed by atoms with Crippen LogP contribution in [0.3, 0.4) is 0 Å². The molecule has 1 aromatic heterocycles. The Bertz CT molecular complexity index is 708. The molecule has 2 N–H and O–H groups in total. The van der Waals surface area contributed by atoms with E-state index >= 15 is 0 Å². The summed E-state index contributed by atoms with van der Waals surface area (Å²) in [5.74, 6) is 0.273. The standard InChI is InChI=1S/C20H29N5O/c1-5-15-9-7-10-16(6-2)18(15)24-19(26)17-11-13-22-20(23-17)21-12-8-14-25(3)4/h7,9-11,13H,5-6,8,12,14H2,1-4H3,(H,24,26)(H,21,22,23). The van der Waals surface area contributed by atoms with Crippen LogP contribution in [0.15, 0.2) is 30.5 Å². The van der Waals surface area contributed by atoms with Gasteiger partial charge in [0.2, 0.25) is 5.95 Å². The number of rotatable bonds is 9. The molecule has 26 heavy (non-hydrogen) atoms. The average molecular weight is 355 g/mol. The molecule has 0 aliphatic rings. The summed E-state index contributed by atoms with van der Waals surface area (Å²) in [4.78, 5) is 23.4. The highest BCUT2D eigenvalue weighted by atomic mass is 16.1. The second kappa shape index (κ2) is 9.87. The number of carbonyl (C=O) groups is 1. The van der Waals surface area contributed by atoms with Crippen LogP contribution in [-0.4, -0.2) is 48.0 Å². The zero-order chi connectivity index (χ0) is 18.9. The van der Waals surface area contributed by atoms with Crippen molar-refractivity contribution < 1.29 is 4.79 Å². The van der Waals surface area contributed by atoms with Crippen molar-refractivity contribution in [3.8, 4) is 0 Å². The third kappa shape index (κ3) is 5.52. The van der Waals surface area contributed by atoms with E-state index in [1.54, 1.807) is 12.3 Å². The Kier molecular flexibility index (Phi) is 7.53. The number of nitrogens with one attached hydrogen (secondary N) is 2. The zero-order valence-corrected chi connectivity index (χ0v) is 16.2. The fraction of sp³-hybridized carbons (Fsp3) is 0.450. The lowest BCUT2D eigenvalue weighted by molar-refractivity contribution is 0.102. The molecule has 0 unspecified atom stereocenters. The third-order valence-corrected chi connectivity index (χ3v) is 4.19. The molecule has 0 radical (unpaired) electrons. The van der Waals surface area contributed by atoms with Crippen molar-refractivity contribution >= 4 is 17.5 Å². The maximum Gasteiger partial charge on any atom is 0.274 e. The largest absolute Gasteiger partial charge is 0.354 e. The first-order valence-corrected chi connectivity index (χ1v) is 9.18. The van der Waals surface area contributed by atoms with Crippen LogP contribution in [0.2, 0.25) is 0 Å². The number of amides is 1. The highest BCUT2D eigenvalue weighted by Crippen LogP contribution is 2.23. The molecule has 0 fully saturated rings. The predicted molar refractivity (Wildman–Crippen MR) is 107 cm³/mol. The van der Waals surface area contributed by atoms with Gasteiger partial charge in [-0.15, -0.1) is 0 Å². The summed E-state index contributed by atoms with van der Waals surface area (Å²) in [7, 11) is 4.08. The Labute approximate surface area is 156 Å². The lowest BCUT2D eigenvalue weighted by Crippen LogP contribution is -2.19. The van der Waals surface area contributed by atoms with Gasteiger partial charge < -0.3 is 15.5 Å². The molecule has 6 nitrogen and oxygen atoms in total. The third-order valence-electron chi connectivity index (χ3n) is 4.19. The molecular formula is C20H29N5O. The van der Waals surface area contributed by atoms with Gasteiger partial charge >= 0.3 is 0 Å². The first-order chi connectivity index (χ1) is 12.5. The van der Waals surface area contributed by atoms with E-state index in [0.29, 0.717) is 11.6 Å². The normalized spacial score (nSPS) is 10.8. The molecule has 0 spiro atoms. The minimum absolute atomic E-state index is 0.209. The molecule has 140 valence electrons. The van der Waals surface area contributed by atoms with E-state index in [9.17, 15) is 4.79 Å². The summed E-state index contributed by atoms with van der Waals surface area (Å²) in [5, 5.41) is 6.22. The van der Waals surface area contributed by atoms with Gasteiger partial charge in [-0.1, -0.05) is 32.0 Å². The van der Waals surface area contributed by atoms with Crippen LogP contribution < -0.4 is 10.6 Å². The molecule has 2 rings (SSSR count). The number of benzene rings is 1. The fourth-order valence-corrected chi connectivity index (χ4v) is 2.75. The number of aryl methyl sites for hydroxylation is 2.